The molecule has 1 aromatic carbocycles. The zero-order valence-corrected chi connectivity index (χ0v) is 14.4. The van der Waals surface area contributed by atoms with Gasteiger partial charge in [0, 0.05) is 61.3 Å². The summed E-state index contributed by atoms with van der Waals surface area (Å²) in [6.07, 6.45) is 3.30. The van der Waals surface area contributed by atoms with Crippen molar-refractivity contribution in [1.82, 2.24) is 14.8 Å². The first-order chi connectivity index (χ1) is 11.7. The van der Waals surface area contributed by atoms with Gasteiger partial charge in [0.05, 0.1) is 7.11 Å². The zero-order chi connectivity index (χ0) is 16.9. The molecule has 0 radical (unpaired) electrons. The molecule has 2 heterocycles. The highest BCUT2D eigenvalue weighted by Gasteiger charge is 2.22. The Morgan fingerprint density at radius 3 is 2.54 bits per heavy atom. The molecule has 1 aromatic heterocycles. The average molecular weight is 346 g/mol. The van der Waals surface area contributed by atoms with Crippen molar-refractivity contribution < 1.29 is 9.53 Å². The van der Waals surface area contributed by atoms with Gasteiger partial charge in [0.1, 0.15) is 5.75 Å². The van der Waals surface area contributed by atoms with Crippen molar-refractivity contribution in [1.29, 1.82) is 0 Å². The SMILES string of the molecule is COc1ccc(Cl)cc1CN1CCN(C(=O)c2ccncc2)CC1. The molecule has 0 unspecified atom stereocenters. The number of pyridine rings is 1. The quantitative estimate of drug-likeness (QED) is 0.854. The van der Waals surface area contributed by atoms with Crippen molar-refractivity contribution in [3.63, 3.8) is 0 Å². The summed E-state index contributed by atoms with van der Waals surface area (Å²) in [7, 11) is 1.66. The molecule has 1 saturated heterocycles. The molecule has 6 heteroatoms. The van der Waals surface area contributed by atoms with Gasteiger partial charge in [-0.15, -0.1) is 0 Å². The van der Waals surface area contributed by atoms with E-state index in [1.807, 2.05) is 23.1 Å². The molecule has 5 nitrogen and oxygen atoms in total. The largest absolute Gasteiger partial charge is 0.496 e. The van der Waals surface area contributed by atoms with Crippen molar-refractivity contribution >= 4 is 17.5 Å². The normalized spacial score (nSPS) is 15.3. The number of carbonyl (C=O) groups is 1. The third kappa shape index (κ3) is 3.86. The second-order valence-electron chi connectivity index (χ2n) is 5.76. The minimum atomic E-state index is 0.0670. The molecular weight excluding hydrogens is 326 g/mol. The highest BCUT2D eigenvalue weighted by atomic mass is 35.5. The standard InChI is InChI=1S/C18H20ClN3O2/c1-24-17-3-2-16(19)12-15(17)13-21-8-10-22(11-9-21)18(23)14-4-6-20-7-5-14/h2-7,12H,8-11,13H2,1H3. The topological polar surface area (TPSA) is 45.7 Å². The molecule has 0 bridgehead atoms. The maximum absolute atomic E-state index is 12.5. The van der Waals surface area contributed by atoms with E-state index >= 15 is 0 Å². The van der Waals surface area contributed by atoms with Crippen LogP contribution in [0.4, 0.5) is 0 Å². The van der Waals surface area contributed by atoms with Crippen molar-refractivity contribution in [2.75, 3.05) is 33.3 Å². The summed E-state index contributed by atoms with van der Waals surface area (Å²) in [6.45, 7) is 3.84. The number of halogens is 1. The van der Waals surface area contributed by atoms with Gasteiger partial charge in [0.15, 0.2) is 0 Å². The van der Waals surface area contributed by atoms with Crippen LogP contribution in [0.5, 0.6) is 5.75 Å². The Labute approximate surface area is 146 Å². The third-order valence-corrected chi connectivity index (χ3v) is 4.46. The molecule has 0 atom stereocenters. The Morgan fingerprint density at radius 1 is 1.17 bits per heavy atom. The lowest BCUT2D eigenvalue weighted by Crippen LogP contribution is -2.48. The fraction of sp³-hybridized carbons (Fsp3) is 0.333. The first-order valence-electron chi connectivity index (χ1n) is 7.91. The van der Waals surface area contributed by atoms with Crippen LogP contribution >= 0.6 is 11.6 Å². The fourth-order valence-electron chi connectivity index (χ4n) is 2.90. The van der Waals surface area contributed by atoms with Crippen LogP contribution in [-0.4, -0.2) is 54.0 Å². The molecule has 1 fully saturated rings. The van der Waals surface area contributed by atoms with Crippen LogP contribution in [0.3, 0.4) is 0 Å². The van der Waals surface area contributed by atoms with Gasteiger partial charge in [-0.3, -0.25) is 14.7 Å². The molecule has 1 aliphatic rings. The number of carbonyl (C=O) groups excluding carboxylic acids is 1. The van der Waals surface area contributed by atoms with Gasteiger partial charge < -0.3 is 9.64 Å². The van der Waals surface area contributed by atoms with Crippen LogP contribution in [-0.2, 0) is 6.54 Å². The van der Waals surface area contributed by atoms with Crippen molar-refractivity contribution in [3.05, 3.63) is 58.9 Å². The maximum Gasteiger partial charge on any atom is 0.254 e. The minimum Gasteiger partial charge on any atom is -0.496 e. The number of nitrogens with zero attached hydrogens (tertiary/aromatic N) is 3. The molecule has 2 aromatic rings. The lowest BCUT2D eigenvalue weighted by Gasteiger charge is -2.35. The summed E-state index contributed by atoms with van der Waals surface area (Å²) in [5, 5.41) is 0.706. The van der Waals surface area contributed by atoms with Crippen LogP contribution < -0.4 is 4.74 Å². The molecule has 24 heavy (non-hydrogen) atoms. The van der Waals surface area contributed by atoms with E-state index in [0.717, 1.165) is 30.9 Å². The molecule has 126 valence electrons. The Bertz CT molecular complexity index is 701. The summed E-state index contributed by atoms with van der Waals surface area (Å²) < 4.78 is 5.40. The van der Waals surface area contributed by atoms with Gasteiger partial charge in [-0.2, -0.15) is 0 Å². The minimum absolute atomic E-state index is 0.0670. The molecule has 0 N–H and O–H groups in total. The molecule has 0 aliphatic carbocycles. The molecular formula is C18H20ClN3O2. The fourth-order valence-corrected chi connectivity index (χ4v) is 3.09. The first kappa shape index (κ1) is 16.7. The number of amides is 1. The van der Waals surface area contributed by atoms with Gasteiger partial charge >= 0.3 is 0 Å². The van der Waals surface area contributed by atoms with E-state index in [1.54, 1.807) is 31.6 Å². The molecule has 1 aliphatic heterocycles. The van der Waals surface area contributed by atoms with Gasteiger partial charge in [-0.05, 0) is 30.3 Å². The van der Waals surface area contributed by atoms with Crippen LogP contribution in [0.1, 0.15) is 15.9 Å². The highest BCUT2D eigenvalue weighted by Crippen LogP contribution is 2.24. The van der Waals surface area contributed by atoms with Crippen LogP contribution in [0.2, 0.25) is 5.02 Å². The maximum atomic E-state index is 12.5. The van der Waals surface area contributed by atoms with Crippen LogP contribution in [0, 0.1) is 0 Å². The van der Waals surface area contributed by atoms with Gasteiger partial charge in [0.2, 0.25) is 0 Å². The Hall–Kier alpha value is -2.11. The molecule has 3 rings (SSSR count). The summed E-state index contributed by atoms with van der Waals surface area (Å²) in [5.41, 5.74) is 1.76. The summed E-state index contributed by atoms with van der Waals surface area (Å²) in [5.74, 6) is 0.909. The van der Waals surface area contributed by atoms with E-state index in [9.17, 15) is 4.79 Å². The summed E-state index contributed by atoms with van der Waals surface area (Å²) in [4.78, 5) is 20.6. The summed E-state index contributed by atoms with van der Waals surface area (Å²) >= 11 is 6.09. The second-order valence-corrected chi connectivity index (χ2v) is 6.20. The number of hydrogen-bond acceptors (Lipinski definition) is 4. The average Bonchev–Trinajstić information content (AvgIpc) is 2.63. The van der Waals surface area contributed by atoms with E-state index in [0.29, 0.717) is 23.7 Å². The number of hydrogen-bond donors (Lipinski definition) is 0. The smallest absolute Gasteiger partial charge is 0.254 e. The Kier molecular flexibility index (Phi) is 5.33. The number of methoxy groups -OCH3 is 1. The van der Waals surface area contributed by atoms with E-state index in [-0.39, 0.29) is 5.91 Å². The lowest BCUT2D eigenvalue weighted by atomic mass is 10.1. The Morgan fingerprint density at radius 2 is 1.88 bits per heavy atom. The van der Waals surface area contributed by atoms with Gasteiger partial charge in [-0.1, -0.05) is 11.6 Å². The van der Waals surface area contributed by atoms with E-state index in [2.05, 4.69) is 9.88 Å². The number of rotatable bonds is 4. The Balaban J connectivity index is 1.60. The second kappa shape index (κ2) is 7.64. The number of piperazine rings is 1. The van der Waals surface area contributed by atoms with Crippen molar-refractivity contribution in [2.24, 2.45) is 0 Å². The van der Waals surface area contributed by atoms with Crippen LogP contribution in [0.25, 0.3) is 0 Å². The number of aromatic nitrogens is 1. The predicted molar refractivity (Wildman–Crippen MR) is 93.4 cm³/mol. The van der Waals surface area contributed by atoms with E-state index < -0.39 is 0 Å². The monoisotopic (exact) mass is 345 g/mol. The lowest BCUT2D eigenvalue weighted by molar-refractivity contribution is 0.0627. The molecule has 0 saturated carbocycles. The van der Waals surface area contributed by atoms with E-state index in [4.69, 9.17) is 16.3 Å². The van der Waals surface area contributed by atoms with Crippen molar-refractivity contribution in [3.8, 4) is 5.75 Å². The zero-order valence-electron chi connectivity index (χ0n) is 13.6. The predicted octanol–water partition coefficient (Wildman–Crippen LogP) is 2.70. The molecule has 0 spiro atoms. The van der Waals surface area contributed by atoms with Gasteiger partial charge in [-0.25, -0.2) is 0 Å². The van der Waals surface area contributed by atoms with E-state index in [1.165, 1.54) is 0 Å². The first-order valence-corrected chi connectivity index (χ1v) is 8.29. The van der Waals surface area contributed by atoms with Crippen LogP contribution in [0.15, 0.2) is 42.7 Å². The van der Waals surface area contributed by atoms with Gasteiger partial charge in [0.25, 0.3) is 5.91 Å². The number of ether oxygens (including phenoxy) is 1. The van der Waals surface area contributed by atoms with Crippen molar-refractivity contribution in [2.45, 2.75) is 6.54 Å². The highest BCUT2D eigenvalue weighted by molar-refractivity contribution is 6.30. The third-order valence-electron chi connectivity index (χ3n) is 4.22. The summed E-state index contributed by atoms with van der Waals surface area (Å²) in [6, 6.07) is 9.17. The number of benzene rings is 1. The molecule has 1 amide bonds.